The van der Waals surface area contributed by atoms with E-state index in [-0.39, 0.29) is 23.5 Å². The zero-order chi connectivity index (χ0) is 69.6. The molecule has 6 N–H and O–H groups in total. The number of amides is 4. The highest BCUT2D eigenvalue weighted by atomic mass is 35.5. The summed E-state index contributed by atoms with van der Waals surface area (Å²) in [6.07, 6.45) is 7.53. The first-order chi connectivity index (χ1) is 48.8. The number of methoxy groups -OCH3 is 4. The van der Waals surface area contributed by atoms with Crippen molar-refractivity contribution in [3.8, 4) is 67.5 Å². The van der Waals surface area contributed by atoms with Gasteiger partial charge in [-0.15, -0.1) is 46.4 Å². The number of aromatic amines is 2. The van der Waals surface area contributed by atoms with E-state index in [1.807, 2.05) is 97.1 Å². The molecule has 0 saturated heterocycles. The standard InChI is InChI=1S/C80H62Cl4N8O8/c1-97-53-17-21-61(89-77(93)49-13-5-9-45(33-49)41-81)57(37-53)73-65-25-27-67(85-65)74(58-38-54(98-2)18-22-62(58)90-78(94)50-14-6-10-46(34-50)42-82)69-29-31-71(87-69)76(60-40-56(100-4)20-24-64(60)92-80(96)52-16-8-12-48(36-52)44-84)72-32-30-70(88-72)75(68-28-26-66(73)86-68)59-39-55(99-3)19-23-63(59)91-79(95)51-15-7-11-47(35-51)43-83/h5-40,85,88H,41-44H2,1-4H3,(H,89,93)(H,90,94)(H,91,95)(H,92,96). The molecule has 13 rings (SSSR count). The summed E-state index contributed by atoms with van der Waals surface area (Å²) in [6, 6.07) is 57.5. The number of aromatic nitrogens is 4. The van der Waals surface area contributed by atoms with Crippen LogP contribution in [0.2, 0.25) is 0 Å². The Balaban J connectivity index is 1.16. The lowest BCUT2D eigenvalue weighted by Gasteiger charge is -2.16. The van der Waals surface area contributed by atoms with E-state index in [4.69, 9.17) is 75.3 Å². The Labute approximate surface area is 595 Å². The van der Waals surface area contributed by atoms with Crippen LogP contribution in [0.25, 0.3) is 90.9 Å². The van der Waals surface area contributed by atoms with Crippen molar-refractivity contribution in [3.63, 3.8) is 0 Å². The van der Waals surface area contributed by atoms with Gasteiger partial charge < -0.3 is 50.2 Å². The van der Waals surface area contributed by atoms with Crippen LogP contribution in [0.4, 0.5) is 22.7 Å². The normalized spacial score (nSPS) is 11.4. The molecule has 0 atom stereocenters. The lowest BCUT2D eigenvalue weighted by molar-refractivity contribution is 0.101. The summed E-state index contributed by atoms with van der Waals surface area (Å²) in [7, 11) is 6.25. The number of carbonyl (C=O) groups is 4. The van der Waals surface area contributed by atoms with Gasteiger partial charge in [0.15, 0.2) is 0 Å². The molecule has 0 spiro atoms. The third-order valence-electron chi connectivity index (χ3n) is 17.1. The fraction of sp³-hybridized carbons (Fsp3) is 0.100. The number of nitrogens with one attached hydrogen (secondary N) is 6. The molecule has 0 aliphatic carbocycles. The van der Waals surface area contributed by atoms with Gasteiger partial charge in [0.05, 0.1) is 51.2 Å². The Morgan fingerprint density at radius 2 is 0.550 bits per heavy atom. The van der Waals surface area contributed by atoms with E-state index in [2.05, 4.69) is 31.2 Å². The van der Waals surface area contributed by atoms with Crippen LogP contribution >= 0.6 is 46.4 Å². The van der Waals surface area contributed by atoms with E-state index in [1.54, 1.807) is 150 Å². The predicted octanol–water partition coefficient (Wildman–Crippen LogP) is 19.3. The molecule has 5 heterocycles. The number of hydrogen-bond donors (Lipinski definition) is 6. The molecule has 20 heteroatoms. The number of halogens is 4. The summed E-state index contributed by atoms with van der Waals surface area (Å²) in [5, 5.41) is 12.8. The van der Waals surface area contributed by atoms with E-state index in [9.17, 15) is 19.2 Å². The molecule has 0 radical (unpaired) electrons. The van der Waals surface area contributed by atoms with E-state index in [1.165, 1.54) is 0 Å². The highest BCUT2D eigenvalue weighted by Crippen LogP contribution is 2.46. The monoisotopic (exact) mass is 1400 g/mol. The molecule has 0 fully saturated rings. The SMILES string of the molecule is COc1ccc(NC(=O)c2cccc(CCl)c2)c(-c2c3nc(c(-c4cc(OC)ccc4NC(=O)c4cccc(CCl)c4)c4ccc([nH]4)c(-c4cc(OC)ccc4NC(=O)c4cccc(CCl)c4)c4nc(c(-c5cc(OC)ccc5NC(=O)c5cccc(CCl)c5)c5ccc2[nH]5)C=C4)C=C3)c1. The second-order valence-corrected chi connectivity index (χ2v) is 24.4. The van der Waals surface area contributed by atoms with Crippen molar-refractivity contribution in [2.24, 2.45) is 0 Å². The third-order valence-corrected chi connectivity index (χ3v) is 18.3. The first kappa shape index (κ1) is 67.2. The van der Waals surface area contributed by atoms with Crippen molar-refractivity contribution in [3.05, 3.63) is 261 Å². The summed E-state index contributed by atoms with van der Waals surface area (Å²) in [5.41, 5.74) is 14.1. The van der Waals surface area contributed by atoms with Gasteiger partial charge in [0.1, 0.15) is 23.0 Å². The molecular weight excluding hydrogens is 1340 g/mol. The number of alkyl halides is 4. The maximum Gasteiger partial charge on any atom is 0.255 e. The van der Waals surface area contributed by atoms with Crippen molar-refractivity contribution >= 4 is 139 Å². The summed E-state index contributed by atoms with van der Waals surface area (Å²) >= 11 is 25.2. The average molecular weight is 1410 g/mol. The largest absolute Gasteiger partial charge is 0.497 e. The molecule has 4 amide bonds. The topological polar surface area (TPSA) is 211 Å². The lowest BCUT2D eigenvalue weighted by atomic mass is 10.0. The summed E-state index contributed by atoms with van der Waals surface area (Å²) in [5.74, 6) is 1.06. The smallest absolute Gasteiger partial charge is 0.255 e. The third kappa shape index (κ3) is 14.0. The van der Waals surface area contributed by atoms with Gasteiger partial charge in [-0.1, -0.05) is 48.5 Å². The van der Waals surface area contributed by atoms with Crippen LogP contribution in [0.5, 0.6) is 23.0 Å². The Bertz CT molecular complexity index is 4690. The molecule has 0 saturated carbocycles. The van der Waals surface area contributed by atoms with E-state index in [0.717, 1.165) is 22.3 Å². The number of carbonyl (C=O) groups excluding carboxylic acids is 4. The van der Waals surface area contributed by atoms with Gasteiger partial charge in [-0.3, -0.25) is 19.2 Å². The number of H-pyrrole nitrogens is 2. The van der Waals surface area contributed by atoms with Crippen LogP contribution in [0.1, 0.15) is 86.5 Å². The second-order valence-electron chi connectivity index (χ2n) is 23.3. The van der Waals surface area contributed by atoms with Crippen molar-refractivity contribution in [1.29, 1.82) is 0 Å². The zero-order valence-electron chi connectivity index (χ0n) is 54.3. The maximum atomic E-state index is 14.6. The van der Waals surface area contributed by atoms with Crippen molar-refractivity contribution in [2.75, 3.05) is 49.7 Å². The molecule has 8 bridgehead atoms. The molecule has 8 aromatic carbocycles. The summed E-state index contributed by atoms with van der Waals surface area (Å²) < 4.78 is 23.9. The number of benzene rings is 8. The van der Waals surface area contributed by atoms with Crippen LogP contribution in [0, 0.1) is 0 Å². The zero-order valence-corrected chi connectivity index (χ0v) is 57.3. The minimum Gasteiger partial charge on any atom is -0.497 e. The Morgan fingerprint density at radius 3 is 0.760 bits per heavy atom. The summed E-state index contributed by atoms with van der Waals surface area (Å²) in [4.78, 5) is 77.1. The second kappa shape index (κ2) is 29.8. The van der Waals surface area contributed by atoms with Gasteiger partial charge in [-0.05, 0) is 192 Å². The van der Waals surface area contributed by atoms with Gasteiger partial charge in [-0.2, -0.15) is 0 Å². The van der Waals surface area contributed by atoms with Crippen LogP contribution < -0.4 is 40.2 Å². The Kier molecular flexibility index (Phi) is 20.0. The first-order valence-corrected chi connectivity index (χ1v) is 33.7. The highest BCUT2D eigenvalue weighted by molar-refractivity contribution is 6.19. The van der Waals surface area contributed by atoms with Crippen molar-refractivity contribution in [1.82, 2.24) is 19.9 Å². The molecule has 100 heavy (non-hydrogen) atoms. The minimum absolute atomic E-state index is 0.197. The molecule has 0 unspecified atom stereocenters. The van der Waals surface area contributed by atoms with Gasteiger partial charge in [0.2, 0.25) is 0 Å². The average Bonchev–Trinajstić information content (AvgIpc) is 1.60. The van der Waals surface area contributed by atoms with E-state index < -0.39 is 23.6 Å². The quantitative estimate of drug-likeness (QED) is 0.0398. The molecular formula is C80H62Cl4N8O8. The maximum absolute atomic E-state index is 14.6. The van der Waals surface area contributed by atoms with Gasteiger partial charge in [0.25, 0.3) is 23.6 Å². The van der Waals surface area contributed by atoms with Crippen molar-refractivity contribution < 1.29 is 38.1 Å². The predicted molar refractivity (Wildman–Crippen MR) is 403 cm³/mol. The van der Waals surface area contributed by atoms with E-state index >= 15 is 0 Å². The number of nitrogens with zero attached hydrogens (tertiary/aromatic N) is 2. The first-order valence-electron chi connectivity index (χ1n) is 31.5. The molecule has 16 nitrogen and oxygen atoms in total. The Hall–Kier alpha value is -11.4. The van der Waals surface area contributed by atoms with Crippen molar-refractivity contribution in [2.45, 2.75) is 23.5 Å². The molecule has 3 aromatic heterocycles. The molecule has 11 aromatic rings. The lowest BCUT2D eigenvalue weighted by Crippen LogP contribution is -2.13. The van der Waals surface area contributed by atoms with Crippen LogP contribution in [0.3, 0.4) is 0 Å². The number of hydrogen-bond acceptors (Lipinski definition) is 10. The summed E-state index contributed by atoms with van der Waals surface area (Å²) in [6.45, 7) is 0. The number of fused-ring (bicyclic) bond motifs is 8. The van der Waals surface area contributed by atoms with Crippen LogP contribution in [0.15, 0.2) is 194 Å². The number of rotatable bonds is 20. The van der Waals surface area contributed by atoms with Gasteiger partial charge in [0, 0.05) is 135 Å². The van der Waals surface area contributed by atoms with E-state index in [0.29, 0.717) is 157 Å². The number of anilines is 4. The van der Waals surface area contributed by atoms with Crippen LogP contribution in [-0.4, -0.2) is 72.0 Å². The van der Waals surface area contributed by atoms with Gasteiger partial charge in [-0.25, -0.2) is 9.97 Å². The Morgan fingerprint density at radius 1 is 0.320 bits per heavy atom. The molecule has 498 valence electrons. The molecule has 2 aliphatic heterocycles. The number of ether oxygens (including phenoxy) is 4. The fourth-order valence-corrected chi connectivity index (χ4v) is 12.8. The van der Waals surface area contributed by atoms with Gasteiger partial charge >= 0.3 is 0 Å². The fourth-order valence-electron chi connectivity index (χ4n) is 12.2. The van der Waals surface area contributed by atoms with Crippen LogP contribution in [-0.2, 0) is 23.5 Å². The highest BCUT2D eigenvalue weighted by Gasteiger charge is 2.26. The molecule has 2 aliphatic rings. The minimum atomic E-state index is -0.400.